The number of aromatic nitrogens is 2. The molecule has 7 nitrogen and oxygen atoms in total. The predicted octanol–water partition coefficient (Wildman–Crippen LogP) is 3.39. The van der Waals surface area contributed by atoms with Crippen LogP contribution >= 0.6 is 0 Å². The van der Waals surface area contributed by atoms with Gasteiger partial charge in [0, 0.05) is 23.6 Å². The van der Waals surface area contributed by atoms with E-state index in [1.54, 1.807) is 7.11 Å². The van der Waals surface area contributed by atoms with Crippen LogP contribution in [-0.4, -0.2) is 41.3 Å². The number of benzene rings is 2. The molecule has 28 heavy (non-hydrogen) atoms. The van der Waals surface area contributed by atoms with Crippen LogP contribution in [-0.2, 0) is 0 Å². The lowest BCUT2D eigenvalue weighted by atomic mass is 10.1. The van der Waals surface area contributed by atoms with Gasteiger partial charge in [-0.15, -0.1) is 0 Å². The summed E-state index contributed by atoms with van der Waals surface area (Å²) in [5.74, 6) is 0.485. The highest BCUT2D eigenvalue weighted by atomic mass is 19.1. The Balaban J connectivity index is 1.71. The van der Waals surface area contributed by atoms with Crippen molar-refractivity contribution in [2.24, 2.45) is 0 Å². The van der Waals surface area contributed by atoms with Crippen molar-refractivity contribution in [2.45, 2.75) is 18.9 Å². The van der Waals surface area contributed by atoms with Crippen LogP contribution < -0.4 is 20.7 Å². The number of aromatic hydroxyl groups is 1. The van der Waals surface area contributed by atoms with Crippen molar-refractivity contribution in [1.29, 1.82) is 0 Å². The molecule has 4 rings (SSSR count). The van der Waals surface area contributed by atoms with Crippen LogP contribution in [0, 0.1) is 5.82 Å². The largest absolute Gasteiger partial charge is 0.508 e. The molecule has 146 valence electrons. The van der Waals surface area contributed by atoms with Gasteiger partial charge in [0.15, 0.2) is 0 Å². The smallest absolute Gasteiger partial charge is 0.150 e. The highest BCUT2D eigenvalue weighted by Crippen LogP contribution is 2.34. The number of phenols is 1. The average Bonchev–Trinajstić information content (AvgIpc) is 2.71. The summed E-state index contributed by atoms with van der Waals surface area (Å²) >= 11 is 0. The number of anilines is 3. The lowest BCUT2D eigenvalue weighted by Gasteiger charge is -2.25. The molecule has 0 bridgehead atoms. The van der Waals surface area contributed by atoms with Crippen molar-refractivity contribution in [3.63, 3.8) is 0 Å². The van der Waals surface area contributed by atoms with Crippen molar-refractivity contribution in [3.05, 3.63) is 42.5 Å². The van der Waals surface area contributed by atoms with Crippen LogP contribution in [0.15, 0.2) is 36.7 Å². The molecule has 0 amide bonds. The Labute approximate surface area is 162 Å². The van der Waals surface area contributed by atoms with E-state index < -0.39 is 5.82 Å². The normalized spacial score (nSPS) is 14.8. The number of hydrogen-bond donors (Lipinski definition) is 4. The van der Waals surface area contributed by atoms with Gasteiger partial charge < -0.3 is 25.8 Å². The summed E-state index contributed by atoms with van der Waals surface area (Å²) in [6.07, 6.45) is 3.47. The molecule has 1 aliphatic rings. The minimum absolute atomic E-state index is 0.131. The summed E-state index contributed by atoms with van der Waals surface area (Å²) in [5.41, 5.74) is 1.76. The first-order valence-corrected chi connectivity index (χ1v) is 9.19. The number of methoxy groups -OCH3 is 1. The van der Waals surface area contributed by atoms with Gasteiger partial charge in [-0.05, 0) is 44.1 Å². The van der Waals surface area contributed by atoms with E-state index in [-0.39, 0.29) is 11.4 Å². The molecular weight excluding hydrogens is 361 g/mol. The summed E-state index contributed by atoms with van der Waals surface area (Å²) in [6.45, 7) is 1.95. The first kappa shape index (κ1) is 18.2. The molecule has 1 saturated heterocycles. The van der Waals surface area contributed by atoms with Gasteiger partial charge in [0.1, 0.15) is 29.5 Å². The standard InChI is InChI=1S/C20H22FN5O2/c1-28-19-10-17-14(9-18(19)25-12-4-6-22-7-5-12)20(24-11-23-17)26-16-3-2-13(27)8-15(16)21/h2-3,8-12,22,25,27H,4-7H2,1H3,(H,23,24,26). The zero-order valence-corrected chi connectivity index (χ0v) is 15.5. The molecule has 3 aromatic rings. The van der Waals surface area contributed by atoms with Crippen molar-refractivity contribution in [3.8, 4) is 11.5 Å². The van der Waals surface area contributed by atoms with E-state index in [4.69, 9.17) is 4.74 Å². The molecule has 0 atom stereocenters. The Morgan fingerprint density at radius 2 is 1.96 bits per heavy atom. The predicted molar refractivity (Wildman–Crippen MR) is 107 cm³/mol. The number of hydrogen-bond acceptors (Lipinski definition) is 7. The van der Waals surface area contributed by atoms with E-state index in [2.05, 4.69) is 25.9 Å². The van der Waals surface area contributed by atoms with Gasteiger partial charge in [-0.3, -0.25) is 0 Å². The first-order valence-electron chi connectivity index (χ1n) is 9.19. The second kappa shape index (κ2) is 7.85. The topological polar surface area (TPSA) is 91.3 Å². The molecule has 2 heterocycles. The third kappa shape index (κ3) is 3.77. The van der Waals surface area contributed by atoms with E-state index in [0.29, 0.717) is 23.1 Å². The zero-order chi connectivity index (χ0) is 19.5. The molecule has 1 aromatic heterocycles. The maximum absolute atomic E-state index is 14.1. The van der Waals surface area contributed by atoms with Gasteiger partial charge in [-0.25, -0.2) is 14.4 Å². The number of nitrogens with one attached hydrogen (secondary N) is 3. The molecule has 0 unspecified atom stereocenters. The average molecular weight is 383 g/mol. The number of phenolic OH excluding ortho intramolecular Hbond substituents is 1. The van der Waals surface area contributed by atoms with E-state index in [1.807, 2.05) is 12.1 Å². The monoisotopic (exact) mass is 383 g/mol. The Morgan fingerprint density at radius 1 is 1.14 bits per heavy atom. The van der Waals surface area contributed by atoms with E-state index in [0.717, 1.165) is 43.1 Å². The van der Waals surface area contributed by atoms with Crippen molar-refractivity contribution < 1.29 is 14.2 Å². The maximum atomic E-state index is 14.1. The quantitative estimate of drug-likeness (QED) is 0.502. The minimum atomic E-state index is -0.562. The van der Waals surface area contributed by atoms with Gasteiger partial charge in [0.25, 0.3) is 0 Å². The molecule has 4 N–H and O–H groups in total. The lowest BCUT2D eigenvalue weighted by molar-refractivity contribution is 0.414. The molecule has 0 saturated carbocycles. The van der Waals surface area contributed by atoms with E-state index in [9.17, 15) is 9.50 Å². The summed E-state index contributed by atoms with van der Waals surface area (Å²) in [5, 5.41) is 20.0. The van der Waals surface area contributed by atoms with Crippen LogP contribution in [0.5, 0.6) is 11.5 Å². The van der Waals surface area contributed by atoms with Crippen LogP contribution in [0.2, 0.25) is 0 Å². The Kier molecular flexibility index (Phi) is 5.12. The number of halogens is 1. The molecule has 1 aliphatic heterocycles. The number of rotatable bonds is 5. The molecule has 8 heteroatoms. The summed E-state index contributed by atoms with van der Waals surface area (Å²) in [6, 6.07) is 8.07. The highest BCUT2D eigenvalue weighted by Gasteiger charge is 2.17. The molecule has 1 fully saturated rings. The van der Waals surface area contributed by atoms with Crippen molar-refractivity contribution in [2.75, 3.05) is 30.8 Å². The SMILES string of the molecule is COc1cc2ncnc(Nc3ccc(O)cc3F)c2cc1NC1CCNCC1. The third-order valence-electron chi connectivity index (χ3n) is 4.86. The number of nitrogens with zero attached hydrogens (tertiary/aromatic N) is 2. The fourth-order valence-electron chi connectivity index (χ4n) is 3.38. The third-order valence-corrected chi connectivity index (χ3v) is 4.86. The fraction of sp³-hybridized carbons (Fsp3) is 0.300. The summed E-state index contributed by atoms with van der Waals surface area (Å²) in [7, 11) is 1.63. The van der Waals surface area contributed by atoms with Crippen LogP contribution in [0.3, 0.4) is 0 Å². The van der Waals surface area contributed by atoms with Crippen LogP contribution in [0.25, 0.3) is 10.9 Å². The van der Waals surface area contributed by atoms with Gasteiger partial charge >= 0.3 is 0 Å². The Hall–Kier alpha value is -3.13. The van der Waals surface area contributed by atoms with E-state index in [1.165, 1.54) is 18.5 Å². The molecule has 0 radical (unpaired) electrons. The van der Waals surface area contributed by atoms with Crippen molar-refractivity contribution >= 4 is 28.1 Å². The minimum Gasteiger partial charge on any atom is -0.508 e. The number of fused-ring (bicyclic) bond motifs is 1. The molecule has 0 spiro atoms. The summed E-state index contributed by atoms with van der Waals surface area (Å²) in [4.78, 5) is 8.59. The Morgan fingerprint density at radius 3 is 2.71 bits per heavy atom. The number of ether oxygens (including phenoxy) is 1. The fourth-order valence-corrected chi connectivity index (χ4v) is 3.38. The molecular formula is C20H22FN5O2. The van der Waals surface area contributed by atoms with Gasteiger partial charge in [-0.2, -0.15) is 0 Å². The lowest BCUT2D eigenvalue weighted by Crippen LogP contribution is -2.35. The van der Waals surface area contributed by atoms with Crippen molar-refractivity contribution in [1.82, 2.24) is 15.3 Å². The van der Waals surface area contributed by atoms with Crippen LogP contribution in [0.1, 0.15) is 12.8 Å². The Bertz CT molecular complexity index is 992. The molecule has 2 aromatic carbocycles. The zero-order valence-electron chi connectivity index (χ0n) is 15.5. The number of piperidine rings is 1. The summed E-state index contributed by atoms with van der Waals surface area (Å²) < 4.78 is 19.7. The highest BCUT2D eigenvalue weighted by molar-refractivity contribution is 5.95. The first-order chi connectivity index (χ1) is 13.6. The van der Waals surface area contributed by atoms with E-state index >= 15 is 0 Å². The van der Waals surface area contributed by atoms with Gasteiger partial charge in [-0.1, -0.05) is 0 Å². The maximum Gasteiger partial charge on any atom is 0.150 e. The van der Waals surface area contributed by atoms with Gasteiger partial charge in [0.2, 0.25) is 0 Å². The van der Waals surface area contributed by atoms with Crippen LogP contribution in [0.4, 0.5) is 21.6 Å². The second-order valence-electron chi connectivity index (χ2n) is 6.75. The second-order valence-corrected chi connectivity index (χ2v) is 6.75. The van der Waals surface area contributed by atoms with Gasteiger partial charge in [0.05, 0.1) is 24.0 Å². The molecule has 0 aliphatic carbocycles.